The fourth-order valence-corrected chi connectivity index (χ4v) is 1.56. The van der Waals surface area contributed by atoms with Gasteiger partial charge in [-0.15, -0.1) is 0 Å². The molecule has 0 spiro atoms. The molecule has 0 aliphatic rings. The maximum Gasteiger partial charge on any atom is 0.307 e. The molecular formula is C13H18O3. The maximum absolute atomic E-state index is 10.5. The molecule has 3 nitrogen and oxygen atoms in total. The van der Waals surface area contributed by atoms with Crippen molar-refractivity contribution in [1.29, 1.82) is 0 Å². The maximum atomic E-state index is 10.5. The zero-order valence-electron chi connectivity index (χ0n) is 9.77. The summed E-state index contributed by atoms with van der Waals surface area (Å²) in [6, 6.07) is 7.24. The number of aliphatic carboxylic acids is 1. The first-order valence-electron chi connectivity index (χ1n) is 5.59. The standard InChI is InChI=1S/C13H18O3/c1-3-4-10(2)16-12-7-5-11(6-8-12)9-13(14)15/h5-8,10H,3-4,9H2,1-2H3,(H,14,15). The normalized spacial score (nSPS) is 12.1. The predicted molar refractivity (Wildman–Crippen MR) is 62.8 cm³/mol. The molecule has 3 heteroatoms. The molecule has 0 heterocycles. The zero-order valence-corrected chi connectivity index (χ0v) is 9.77. The second kappa shape index (κ2) is 6.16. The van der Waals surface area contributed by atoms with Gasteiger partial charge >= 0.3 is 5.97 Å². The number of hydrogen-bond donors (Lipinski definition) is 1. The molecule has 0 aromatic heterocycles. The van der Waals surface area contributed by atoms with Crippen LogP contribution in [0.15, 0.2) is 24.3 Å². The number of carboxylic acid groups (broad SMARTS) is 1. The van der Waals surface area contributed by atoms with E-state index in [1.807, 2.05) is 19.1 Å². The molecule has 1 aromatic rings. The van der Waals surface area contributed by atoms with Crippen LogP contribution in [0.2, 0.25) is 0 Å². The molecule has 1 aromatic carbocycles. The molecule has 0 saturated carbocycles. The number of hydrogen-bond acceptors (Lipinski definition) is 2. The molecule has 0 fully saturated rings. The molecule has 1 unspecified atom stereocenters. The van der Waals surface area contributed by atoms with Crippen LogP contribution in [0.25, 0.3) is 0 Å². The first-order valence-corrected chi connectivity index (χ1v) is 5.59. The van der Waals surface area contributed by atoms with Gasteiger partial charge in [-0.3, -0.25) is 4.79 Å². The third kappa shape index (κ3) is 4.34. The highest BCUT2D eigenvalue weighted by atomic mass is 16.5. The molecule has 0 radical (unpaired) electrons. The second-order valence-corrected chi connectivity index (χ2v) is 3.93. The largest absolute Gasteiger partial charge is 0.491 e. The number of rotatable bonds is 6. The number of carbonyl (C=O) groups is 1. The van der Waals surface area contributed by atoms with Crippen LogP contribution >= 0.6 is 0 Å². The van der Waals surface area contributed by atoms with Gasteiger partial charge in [-0.05, 0) is 31.0 Å². The van der Waals surface area contributed by atoms with Crippen molar-refractivity contribution in [3.8, 4) is 5.75 Å². The van der Waals surface area contributed by atoms with E-state index in [9.17, 15) is 4.79 Å². The highest BCUT2D eigenvalue weighted by molar-refractivity contribution is 5.70. The Balaban J connectivity index is 2.54. The fraction of sp³-hybridized carbons (Fsp3) is 0.462. The molecule has 16 heavy (non-hydrogen) atoms. The molecule has 1 atom stereocenters. The molecule has 88 valence electrons. The van der Waals surface area contributed by atoms with Crippen molar-refractivity contribution in [3.63, 3.8) is 0 Å². The number of carboxylic acids is 1. The van der Waals surface area contributed by atoms with Gasteiger partial charge < -0.3 is 9.84 Å². The van der Waals surface area contributed by atoms with Crippen molar-refractivity contribution < 1.29 is 14.6 Å². The SMILES string of the molecule is CCCC(C)Oc1ccc(CC(=O)O)cc1. The van der Waals surface area contributed by atoms with Crippen LogP contribution in [-0.2, 0) is 11.2 Å². The second-order valence-electron chi connectivity index (χ2n) is 3.93. The van der Waals surface area contributed by atoms with E-state index < -0.39 is 5.97 Å². The van der Waals surface area contributed by atoms with E-state index in [1.165, 1.54) is 0 Å². The van der Waals surface area contributed by atoms with E-state index in [1.54, 1.807) is 12.1 Å². The molecule has 0 aliphatic heterocycles. The Labute approximate surface area is 96.1 Å². The Morgan fingerprint density at radius 3 is 2.50 bits per heavy atom. The van der Waals surface area contributed by atoms with E-state index in [0.717, 1.165) is 24.2 Å². The van der Waals surface area contributed by atoms with E-state index in [0.29, 0.717) is 0 Å². The average molecular weight is 222 g/mol. The minimum Gasteiger partial charge on any atom is -0.491 e. The van der Waals surface area contributed by atoms with Crippen LogP contribution in [0.4, 0.5) is 0 Å². The molecule has 0 amide bonds. The van der Waals surface area contributed by atoms with Gasteiger partial charge in [0.15, 0.2) is 0 Å². The van der Waals surface area contributed by atoms with Crippen LogP contribution in [0, 0.1) is 0 Å². The lowest BCUT2D eigenvalue weighted by molar-refractivity contribution is -0.136. The monoisotopic (exact) mass is 222 g/mol. The van der Waals surface area contributed by atoms with Gasteiger partial charge in [-0.25, -0.2) is 0 Å². The first kappa shape index (κ1) is 12.6. The Hall–Kier alpha value is -1.51. The first-order chi connectivity index (χ1) is 7.61. The smallest absolute Gasteiger partial charge is 0.307 e. The van der Waals surface area contributed by atoms with E-state index in [4.69, 9.17) is 9.84 Å². The van der Waals surface area contributed by atoms with Gasteiger partial charge in [0.2, 0.25) is 0 Å². The highest BCUT2D eigenvalue weighted by Gasteiger charge is 2.04. The molecule has 0 bridgehead atoms. The van der Waals surface area contributed by atoms with E-state index in [2.05, 4.69) is 6.92 Å². The minimum atomic E-state index is -0.812. The molecule has 0 saturated heterocycles. The topological polar surface area (TPSA) is 46.5 Å². The van der Waals surface area contributed by atoms with E-state index >= 15 is 0 Å². The van der Waals surface area contributed by atoms with Crippen molar-refractivity contribution in [2.75, 3.05) is 0 Å². The average Bonchev–Trinajstić information content (AvgIpc) is 2.20. The zero-order chi connectivity index (χ0) is 12.0. The summed E-state index contributed by atoms with van der Waals surface area (Å²) in [4.78, 5) is 10.5. The highest BCUT2D eigenvalue weighted by Crippen LogP contribution is 2.15. The van der Waals surface area contributed by atoms with Crippen LogP contribution in [-0.4, -0.2) is 17.2 Å². The lowest BCUT2D eigenvalue weighted by Gasteiger charge is -2.13. The number of benzene rings is 1. The molecule has 1 N–H and O–H groups in total. The molecular weight excluding hydrogens is 204 g/mol. The van der Waals surface area contributed by atoms with Gasteiger partial charge in [0.05, 0.1) is 12.5 Å². The third-order valence-corrected chi connectivity index (χ3v) is 2.31. The summed E-state index contributed by atoms with van der Waals surface area (Å²) in [6.45, 7) is 4.16. The van der Waals surface area contributed by atoms with Crippen molar-refractivity contribution in [1.82, 2.24) is 0 Å². The fourth-order valence-electron chi connectivity index (χ4n) is 1.56. The Kier molecular flexibility index (Phi) is 4.83. The van der Waals surface area contributed by atoms with Crippen molar-refractivity contribution >= 4 is 5.97 Å². The van der Waals surface area contributed by atoms with Gasteiger partial charge in [0.1, 0.15) is 5.75 Å². The van der Waals surface area contributed by atoms with Crippen molar-refractivity contribution in [2.45, 2.75) is 39.2 Å². The summed E-state index contributed by atoms with van der Waals surface area (Å²) in [5, 5.41) is 8.62. The van der Waals surface area contributed by atoms with Gasteiger partial charge in [-0.2, -0.15) is 0 Å². The predicted octanol–water partition coefficient (Wildman–Crippen LogP) is 2.88. The van der Waals surface area contributed by atoms with E-state index in [-0.39, 0.29) is 12.5 Å². The van der Waals surface area contributed by atoms with Gasteiger partial charge in [0.25, 0.3) is 0 Å². The van der Waals surface area contributed by atoms with Crippen LogP contribution in [0.3, 0.4) is 0 Å². The Bertz CT molecular complexity index is 330. The van der Waals surface area contributed by atoms with Gasteiger partial charge in [0, 0.05) is 0 Å². The molecule has 0 aliphatic carbocycles. The third-order valence-electron chi connectivity index (χ3n) is 2.31. The summed E-state index contributed by atoms with van der Waals surface area (Å²) < 4.78 is 5.67. The summed E-state index contributed by atoms with van der Waals surface area (Å²) in [5.41, 5.74) is 0.794. The number of ether oxygens (including phenoxy) is 1. The summed E-state index contributed by atoms with van der Waals surface area (Å²) in [5.74, 6) is -0.0110. The lowest BCUT2D eigenvalue weighted by atomic mass is 10.1. The summed E-state index contributed by atoms with van der Waals surface area (Å²) >= 11 is 0. The Morgan fingerprint density at radius 2 is 2.00 bits per heavy atom. The quantitative estimate of drug-likeness (QED) is 0.805. The van der Waals surface area contributed by atoms with Crippen LogP contribution < -0.4 is 4.74 Å². The summed E-state index contributed by atoms with van der Waals surface area (Å²) in [7, 11) is 0. The molecule has 1 rings (SSSR count). The van der Waals surface area contributed by atoms with Crippen molar-refractivity contribution in [3.05, 3.63) is 29.8 Å². The van der Waals surface area contributed by atoms with Gasteiger partial charge in [-0.1, -0.05) is 25.5 Å². The van der Waals surface area contributed by atoms with Crippen LogP contribution in [0.1, 0.15) is 32.3 Å². The minimum absolute atomic E-state index is 0.0603. The summed E-state index contributed by atoms with van der Waals surface area (Å²) in [6.07, 6.45) is 2.38. The van der Waals surface area contributed by atoms with Crippen LogP contribution in [0.5, 0.6) is 5.75 Å². The Morgan fingerprint density at radius 1 is 1.38 bits per heavy atom. The van der Waals surface area contributed by atoms with Crippen molar-refractivity contribution in [2.24, 2.45) is 0 Å². The lowest BCUT2D eigenvalue weighted by Crippen LogP contribution is -2.10.